The molecular weight excluding hydrogens is 396 g/mol. The van der Waals surface area contributed by atoms with E-state index in [1.54, 1.807) is 36.4 Å². The Bertz CT molecular complexity index is 914. The maximum atomic E-state index is 12.3. The van der Waals surface area contributed by atoms with Crippen LogP contribution in [0.2, 0.25) is 0 Å². The van der Waals surface area contributed by atoms with Crippen molar-refractivity contribution in [2.75, 3.05) is 20.8 Å². The number of ether oxygens (including phenoxy) is 2. The Morgan fingerprint density at radius 2 is 1.66 bits per heavy atom. The summed E-state index contributed by atoms with van der Waals surface area (Å²) in [6, 6.07) is 14.4. The van der Waals surface area contributed by atoms with Gasteiger partial charge in [0.2, 0.25) is 15.9 Å². The summed E-state index contributed by atoms with van der Waals surface area (Å²) in [6.45, 7) is -0.0834. The molecule has 2 aromatic rings. The van der Waals surface area contributed by atoms with Gasteiger partial charge in [0.05, 0.1) is 31.6 Å². The number of carbonyl (C=O) groups excluding carboxylic acids is 2. The first-order valence-corrected chi connectivity index (χ1v) is 10.4. The molecule has 1 unspecified atom stereocenters. The molecule has 0 aliphatic carbocycles. The van der Waals surface area contributed by atoms with Crippen LogP contribution >= 0.6 is 0 Å². The third-order valence-corrected chi connectivity index (χ3v) is 5.63. The summed E-state index contributed by atoms with van der Waals surface area (Å²) in [7, 11) is -0.977. The van der Waals surface area contributed by atoms with E-state index >= 15 is 0 Å². The number of amides is 1. The molecule has 0 radical (unpaired) electrons. The van der Waals surface area contributed by atoms with Gasteiger partial charge in [-0.1, -0.05) is 30.3 Å². The Morgan fingerprint density at radius 1 is 1.00 bits per heavy atom. The zero-order valence-electron chi connectivity index (χ0n) is 16.3. The zero-order chi connectivity index (χ0) is 21.3. The van der Waals surface area contributed by atoms with Gasteiger partial charge < -0.3 is 14.8 Å². The van der Waals surface area contributed by atoms with E-state index in [9.17, 15) is 18.0 Å². The number of nitrogens with one attached hydrogen (secondary N) is 2. The van der Waals surface area contributed by atoms with Gasteiger partial charge >= 0.3 is 5.97 Å². The van der Waals surface area contributed by atoms with Gasteiger partial charge in [-0.15, -0.1) is 0 Å². The average molecular weight is 420 g/mol. The first-order valence-electron chi connectivity index (χ1n) is 8.90. The van der Waals surface area contributed by atoms with E-state index in [0.717, 1.165) is 5.56 Å². The molecule has 8 nitrogen and oxygen atoms in total. The summed E-state index contributed by atoms with van der Waals surface area (Å²) < 4.78 is 36.7. The van der Waals surface area contributed by atoms with Crippen molar-refractivity contribution in [3.8, 4) is 5.75 Å². The van der Waals surface area contributed by atoms with Crippen LogP contribution in [0.25, 0.3) is 0 Å². The maximum absolute atomic E-state index is 12.3. The lowest BCUT2D eigenvalue weighted by Gasteiger charge is -2.18. The van der Waals surface area contributed by atoms with E-state index in [2.05, 4.69) is 14.8 Å². The van der Waals surface area contributed by atoms with E-state index in [1.165, 1.54) is 26.4 Å². The summed E-state index contributed by atoms with van der Waals surface area (Å²) in [5, 5.41) is 2.75. The molecule has 1 amide bonds. The molecule has 0 heterocycles. The third kappa shape index (κ3) is 6.88. The monoisotopic (exact) mass is 420 g/mol. The van der Waals surface area contributed by atoms with Crippen molar-refractivity contribution in [1.29, 1.82) is 0 Å². The van der Waals surface area contributed by atoms with Gasteiger partial charge in [-0.05, 0) is 29.8 Å². The molecule has 9 heteroatoms. The number of hydrogen-bond acceptors (Lipinski definition) is 6. The molecule has 0 aliphatic rings. The molecule has 0 saturated carbocycles. The molecule has 0 fully saturated rings. The van der Waals surface area contributed by atoms with Gasteiger partial charge in [0.15, 0.2) is 0 Å². The minimum absolute atomic E-state index is 0.0240. The Kier molecular flexibility index (Phi) is 8.17. The van der Waals surface area contributed by atoms with Crippen LogP contribution in [0.1, 0.15) is 24.4 Å². The highest BCUT2D eigenvalue weighted by molar-refractivity contribution is 7.89. The van der Waals surface area contributed by atoms with Crippen molar-refractivity contribution in [1.82, 2.24) is 10.0 Å². The van der Waals surface area contributed by atoms with Crippen LogP contribution in [0.5, 0.6) is 5.75 Å². The highest BCUT2D eigenvalue weighted by Crippen LogP contribution is 2.18. The zero-order valence-corrected chi connectivity index (χ0v) is 17.1. The molecule has 2 rings (SSSR count). The van der Waals surface area contributed by atoms with Crippen LogP contribution in [-0.2, 0) is 24.3 Å². The molecule has 0 spiro atoms. The number of benzene rings is 2. The lowest BCUT2D eigenvalue weighted by atomic mass is 10.0. The van der Waals surface area contributed by atoms with Gasteiger partial charge in [-0.3, -0.25) is 9.59 Å². The van der Waals surface area contributed by atoms with Crippen molar-refractivity contribution in [2.45, 2.75) is 23.8 Å². The second-order valence-corrected chi connectivity index (χ2v) is 7.90. The number of esters is 1. The molecular formula is C20H24N2O6S. The van der Waals surface area contributed by atoms with E-state index in [0.29, 0.717) is 5.75 Å². The fourth-order valence-corrected chi connectivity index (χ4v) is 3.62. The van der Waals surface area contributed by atoms with Crippen LogP contribution in [0.4, 0.5) is 0 Å². The minimum Gasteiger partial charge on any atom is -0.497 e. The number of rotatable bonds is 10. The SMILES string of the molecule is COC(=O)CC(NC(=O)CCNS(=O)(=O)c1ccc(OC)cc1)c1ccccc1. The maximum Gasteiger partial charge on any atom is 0.307 e. The molecule has 156 valence electrons. The highest BCUT2D eigenvalue weighted by Gasteiger charge is 2.19. The van der Waals surface area contributed by atoms with Crippen molar-refractivity contribution in [2.24, 2.45) is 0 Å². The van der Waals surface area contributed by atoms with Gasteiger partial charge in [-0.25, -0.2) is 13.1 Å². The normalized spacial score (nSPS) is 12.1. The van der Waals surface area contributed by atoms with E-state index in [-0.39, 0.29) is 30.2 Å². The Morgan fingerprint density at radius 3 is 2.24 bits per heavy atom. The first-order chi connectivity index (χ1) is 13.9. The van der Waals surface area contributed by atoms with Gasteiger partial charge in [0.25, 0.3) is 0 Å². The molecule has 0 saturated heterocycles. The molecule has 0 bridgehead atoms. The predicted molar refractivity (Wildman–Crippen MR) is 107 cm³/mol. The van der Waals surface area contributed by atoms with E-state index < -0.39 is 22.0 Å². The van der Waals surface area contributed by atoms with Crippen LogP contribution < -0.4 is 14.8 Å². The summed E-state index contributed by atoms with van der Waals surface area (Å²) in [5.41, 5.74) is 0.755. The van der Waals surface area contributed by atoms with Gasteiger partial charge in [-0.2, -0.15) is 0 Å². The number of hydrogen-bond donors (Lipinski definition) is 2. The second kappa shape index (κ2) is 10.6. The predicted octanol–water partition coefficient (Wildman–Crippen LogP) is 1.78. The third-order valence-electron chi connectivity index (χ3n) is 4.15. The first kappa shape index (κ1) is 22.4. The van der Waals surface area contributed by atoms with E-state index in [4.69, 9.17) is 4.74 Å². The van der Waals surface area contributed by atoms with Gasteiger partial charge in [0, 0.05) is 13.0 Å². The lowest BCUT2D eigenvalue weighted by molar-refractivity contribution is -0.141. The molecule has 1 atom stereocenters. The van der Waals surface area contributed by atoms with Gasteiger partial charge in [0.1, 0.15) is 5.75 Å². The quantitative estimate of drug-likeness (QED) is 0.567. The molecule has 29 heavy (non-hydrogen) atoms. The summed E-state index contributed by atoms with van der Waals surface area (Å²) in [6.07, 6.45) is -0.107. The molecule has 0 aromatic heterocycles. The van der Waals surface area contributed by atoms with Crippen LogP contribution in [0, 0.1) is 0 Å². The lowest BCUT2D eigenvalue weighted by Crippen LogP contribution is -2.34. The average Bonchev–Trinajstić information content (AvgIpc) is 2.73. The largest absolute Gasteiger partial charge is 0.497 e. The summed E-state index contributed by atoms with van der Waals surface area (Å²) >= 11 is 0. The smallest absolute Gasteiger partial charge is 0.307 e. The fraction of sp³-hybridized carbons (Fsp3) is 0.300. The Balaban J connectivity index is 1.93. The van der Waals surface area contributed by atoms with Crippen LogP contribution in [0.3, 0.4) is 0 Å². The standard InChI is InChI=1S/C20H24N2O6S/c1-27-16-8-10-17(11-9-16)29(25,26)21-13-12-19(23)22-18(14-20(24)28-2)15-6-4-3-5-7-15/h3-11,18,21H,12-14H2,1-2H3,(H,22,23). The minimum atomic E-state index is -3.74. The van der Waals surface area contributed by atoms with Crippen LogP contribution in [0.15, 0.2) is 59.5 Å². The van der Waals surface area contributed by atoms with Crippen molar-refractivity contribution in [3.05, 3.63) is 60.2 Å². The van der Waals surface area contributed by atoms with Crippen molar-refractivity contribution < 1.29 is 27.5 Å². The van der Waals surface area contributed by atoms with E-state index in [1.807, 2.05) is 6.07 Å². The summed E-state index contributed by atoms with van der Waals surface area (Å²) in [5.74, 6) is -0.305. The molecule has 2 aromatic carbocycles. The number of methoxy groups -OCH3 is 2. The van der Waals surface area contributed by atoms with Crippen molar-refractivity contribution in [3.63, 3.8) is 0 Å². The Hall–Kier alpha value is -2.91. The van der Waals surface area contributed by atoms with Crippen LogP contribution in [-0.4, -0.2) is 41.1 Å². The highest BCUT2D eigenvalue weighted by atomic mass is 32.2. The topological polar surface area (TPSA) is 111 Å². The second-order valence-electron chi connectivity index (χ2n) is 6.13. The molecule has 0 aliphatic heterocycles. The Labute approximate surface area is 170 Å². The number of sulfonamides is 1. The number of carbonyl (C=O) groups is 2. The summed E-state index contributed by atoms with van der Waals surface area (Å²) in [4.78, 5) is 24.0. The fourth-order valence-electron chi connectivity index (χ4n) is 2.59. The molecule has 2 N–H and O–H groups in total. The van der Waals surface area contributed by atoms with Crippen molar-refractivity contribution >= 4 is 21.9 Å².